The highest BCUT2D eigenvalue weighted by molar-refractivity contribution is 5.99. The van der Waals surface area contributed by atoms with E-state index in [4.69, 9.17) is 4.74 Å². The van der Waals surface area contributed by atoms with E-state index in [2.05, 4.69) is 12.1 Å². The van der Waals surface area contributed by atoms with Crippen molar-refractivity contribution in [2.24, 2.45) is 5.92 Å². The van der Waals surface area contributed by atoms with E-state index in [1.54, 1.807) is 17.0 Å². The fraction of sp³-hybridized carbons (Fsp3) is 0.458. The lowest BCUT2D eigenvalue weighted by molar-refractivity contribution is 0.0622. The van der Waals surface area contributed by atoms with Crippen LogP contribution in [-0.4, -0.2) is 78.5 Å². The Morgan fingerprint density at radius 1 is 1.15 bits per heavy atom. The van der Waals surface area contributed by atoms with Crippen molar-refractivity contribution in [2.45, 2.75) is 19.3 Å². The second-order valence-electron chi connectivity index (χ2n) is 8.70. The van der Waals surface area contributed by atoms with E-state index in [0.29, 0.717) is 32.2 Å². The van der Waals surface area contributed by atoms with Crippen LogP contribution >= 0.6 is 0 Å². The Morgan fingerprint density at radius 2 is 1.85 bits per heavy atom. The minimum Gasteiger partial charge on any atom is -0.502 e. The van der Waals surface area contributed by atoms with Crippen LogP contribution in [0.4, 0.5) is 0 Å². The largest absolute Gasteiger partial charge is 0.502 e. The average Bonchev–Trinajstić information content (AvgIpc) is 2.83. The van der Waals surface area contributed by atoms with Gasteiger partial charge < -0.3 is 19.6 Å². The molecule has 9 nitrogen and oxygen atoms in total. The van der Waals surface area contributed by atoms with Gasteiger partial charge >= 0.3 is 0 Å². The number of rotatable bonds is 6. The number of carbonyl (C=O) groups excluding carboxylic acids is 2. The number of hydrogen-bond donors (Lipinski definition) is 1. The molecule has 0 spiro atoms. The van der Waals surface area contributed by atoms with Crippen molar-refractivity contribution in [1.29, 1.82) is 0 Å². The first-order chi connectivity index (χ1) is 15.9. The number of aromatic hydroxyl groups is 1. The lowest BCUT2D eigenvalue weighted by Gasteiger charge is -2.38. The Kier molecular flexibility index (Phi) is 6.69. The highest BCUT2D eigenvalue weighted by Gasteiger charge is 2.34. The van der Waals surface area contributed by atoms with Gasteiger partial charge in [-0.25, -0.2) is 0 Å². The maximum absolute atomic E-state index is 13.2. The molecule has 9 heteroatoms. The summed E-state index contributed by atoms with van der Waals surface area (Å²) in [6.07, 6.45) is 4.05. The van der Waals surface area contributed by atoms with Crippen LogP contribution < -0.4 is 10.4 Å². The molecule has 2 amide bonds. The molecule has 1 N–H and O–H groups in total. The summed E-state index contributed by atoms with van der Waals surface area (Å²) in [5.41, 5.74) is 0.214. The minimum atomic E-state index is -0.812. The average molecular weight is 455 g/mol. The van der Waals surface area contributed by atoms with Gasteiger partial charge in [0.05, 0.1) is 6.61 Å². The molecule has 0 atom stereocenters. The minimum absolute atomic E-state index is 0.122. The Morgan fingerprint density at radius 3 is 2.52 bits per heavy atom. The number of amides is 2. The predicted octanol–water partition coefficient (Wildman–Crippen LogP) is 1.28. The fourth-order valence-corrected chi connectivity index (χ4v) is 4.57. The first-order valence-electron chi connectivity index (χ1n) is 11.2. The summed E-state index contributed by atoms with van der Waals surface area (Å²) in [7, 11) is 3.26. The second-order valence-corrected chi connectivity index (χ2v) is 8.70. The van der Waals surface area contributed by atoms with Crippen LogP contribution in [0.2, 0.25) is 0 Å². The number of nitrogens with zero attached hydrogens (tertiary/aromatic N) is 4. The van der Waals surface area contributed by atoms with Gasteiger partial charge in [0.1, 0.15) is 12.2 Å². The summed E-state index contributed by atoms with van der Waals surface area (Å²) in [5.74, 6) is -1.10. The van der Waals surface area contributed by atoms with Crippen LogP contribution in [0.5, 0.6) is 5.75 Å². The zero-order valence-corrected chi connectivity index (χ0v) is 19.1. The molecule has 0 radical (unpaired) electrons. The van der Waals surface area contributed by atoms with Gasteiger partial charge in [0.2, 0.25) is 5.43 Å². The van der Waals surface area contributed by atoms with Crippen LogP contribution in [0.15, 0.2) is 41.3 Å². The van der Waals surface area contributed by atoms with Crippen LogP contribution in [0.3, 0.4) is 0 Å². The zero-order chi connectivity index (χ0) is 23.5. The Bertz CT molecular complexity index is 1080. The molecule has 1 aromatic heterocycles. The fourth-order valence-electron chi connectivity index (χ4n) is 4.57. The third kappa shape index (κ3) is 4.59. The van der Waals surface area contributed by atoms with Crippen molar-refractivity contribution >= 4 is 11.8 Å². The molecule has 1 fully saturated rings. The Hall–Kier alpha value is -3.33. The Balaban J connectivity index is 1.50. The topological polar surface area (TPSA) is 95.3 Å². The maximum atomic E-state index is 13.2. The number of piperidine rings is 1. The Labute approximate surface area is 192 Å². The number of ether oxygens (including phenoxy) is 1. The molecule has 0 bridgehead atoms. The number of pyridine rings is 1. The van der Waals surface area contributed by atoms with Crippen molar-refractivity contribution in [1.82, 2.24) is 14.5 Å². The van der Waals surface area contributed by atoms with Crippen molar-refractivity contribution in [2.75, 3.05) is 52.1 Å². The molecule has 2 aromatic rings. The summed E-state index contributed by atoms with van der Waals surface area (Å²) < 4.78 is 6.44. The standard InChI is InChI=1S/C24H30N4O5/c1-25-16-27(12-13-33-2)24(32)20-22(30)21(29)19(15-28(20)25)23(31)26-10-8-18(9-11-26)14-17-6-4-3-5-7-17/h3-7,15,18,30H,8-14,16H2,1-2H3. The van der Waals surface area contributed by atoms with Crippen LogP contribution in [0, 0.1) is 5.92 Å². The summed E-state index contributed by atoms with van der Waals surface area (Å²) in [6.45, 7) is 2.01. The third-order valence-corrected chi connectivity index (χ3v) is 6.46. The zero-order valence-electron chi connectivity index (χ0n) is 19.1. The molecule has 0 aliphatic carbocycles. The van der Waals surface area contributed by atoms with Gasteiger partial charge in [-0.2, -0.15) is 0 Å². The molecule has 0 unspecified atom stereocenters. The van der Waals surface area contributed by atoms with E-state index in [9.17, 15) is 19.5 Å². The van der Waals surface area contributed by atoms with Gasteiger partial charge in [-0.3, -0.25) is 24.1 Å². The van der Waals surface area contributed by atoms with E-state index in [1.807, 2.05) is 18.2 Å². The molecular weight excluding hydrogens is 424 g/mol. The monoisotopic (exact) mass is 454 g/mol. The van der Waals surface area contributed by atoms with E-state index in [1.165, 1.54) is 28.4 Å². The van der Waals surface area contributed by atoms with Crippen LogP contribution in [-0.2, 0) is 11.2 Å². The predicted molar refractivity (Wildman–Crippen MR) is 123 cm³/mol. The van der Waals surface area contributed by atoms with E-state index < -0.39 is 23.0 Å². The molecule has 0 saturated carbocycles. The normalized spacial score (nSPS) is 16.8. The third-order valence-electron chi connectivity index (χ3n) is 6.46. The summed E-state index contributed by atoms with van der Waals surface area (Å²) in [6, 6.07) is 10.3. The molecule has 1 saturated heterocycles. The van der Waals surface area contributed by atoms with Gasteiger partial charge in [-0.15, -0.1) is 0 Å². The van der Waals surface area contributed by atoms with Crippen molar-refractivity contribution < 1.29 is 19.4 Å². The number of fused-ring (bicyclic) bond motifs is 1. The summed E-state index contributed by atoms with van der Waals surface area (Å²) >= 11 is 0. The van der Waals surface area contributed by atoms with Gasteiger partial charge in [0.25, 0.3) is 11.8 Å². The first kappa shape index (κ1) is 22.8. The molecule has 176 valence electrons. The lowest BCUT2D eigenvalue weighted by atomic mass is 9.90. The number of aromatic nitrogens is 1. The quantitative estimate of drug-likeness (QED) is 0.707. The highest BCUT2D eigenvalue weighted by Crippen LogP contribution is 2.24. The molecule has 3 heterocycles. The summed E-state index contributed by atoms with van der Waals surface area (Å²) in [4.78, 5) is 42.1. The number of hydrogen-bond acceptors (Lipinski definition) is 6. The van der Waals surface area contributed by atoms with Crippen LogP contribution in [0.25, 0.3) is 0 Å². The molecule has 1 aromatic carbocycles. The molecule has 33 heavy (non-hydrogen) atoms. The number of carbonyl (C=O) groups is 2. The summed E-state index contributed by atoms with van der Waals surface area (Å²) in [5, 5.41) is 12.3. The second kappa shape index (κ2) is 9.66. The molecule has 2 aliphatic rings. The molecule has 2 aliphatic heterocycles. The maximum Gasteiger partial charge on any atom is 0.277 e. The highest BCUT2D eigenvalue weighted by atomic mass is 16.5. The van der Waals surface area contributed by atoms with Crippen molar-refractivity contribution in [3.05, 3.63) is 63.6 Å². The lowest BCUT2D eigenvalue weighted by Crippen LogP contribution is -2.53. The first-order valence-corrected chi connectivity index (χ1v) is 11.2. The van der Waals surface area contributed by atoms with Gasteiger partial charge in [0, 0.05) is 40.0 Å². The van der Waals surface area contributed by atoms with E-state index in [-0.39, 0.29) is 17.9 Å². The SMILES string of the molecule is COCCN1CN(C)n2cc(C(=O)N3CCC(Cc4ccccc4)CC3)c(=O)c(O)c2C1=O. The number of benzene rings is 1. The number of methoxy groups -OCH3 is 1. The van der Waals surface area contributed by atoms with Gasteiger partial charge in [0.15, 0.2) is 11.4 Å². The van der Waals surface area contributed by atoms with E-state index in [0.717, 1.165) is 19.3 Å². The number of likely N-dealkylation sites (tertiary alicyclic amines) is 1. The smallest absolute Gasteiger partial charge is 0.277 e. The molecule has 4 rings (SSSR count). The van der Waals surface area contributed by atoms with Crippen LogP contribution in [0.1, 0.15) is 39.3 Å². The van der Waals surface area contributed by atoms with Crippen molar-refractivity contribution in [3.63, 3.8) is 0 Å². The van der Waals surface area contributed by atoms with E-state index >= 15 is 0 Å². The molecular formula is C24H30N4O5. The van der Waals surface area contributed by atoms with Gasteiger partial charge in [-0.1, -0.05) is 30.3 Å². The van der Waals surface area contributed by atoms with Gasteiger partial charge in [-0.05, 0) is 30.7 Å². The van der Waals surface area contributed by atoms with Crippen molar-refractivity contribution in [3.8, 4) is 5.75 Å².